The second-order valence-corrected chi connectivity index (χ2v) is 10.0. The van der Waals surface area contributed by atoms with E-state index in [0.29, 0.717) is 53.0 Å². The van der Waals surface area contributed by atoms with Crippen LogP contribution in [0.15, 0.2) is 39.9 Å². The fraction of sp³-hybridized carbons (Fsp3) is 0.423. The van der Waals surface area contributed by atoms with Gasteiger partial charge in [-0.2, -0.15) is 13.2 Å². The van der Waals surface area contributed by atoms with Gasteiger partial charge in [-0.05, 0) is 62.4 Å². The van der Waals surface area contributed by atoms with Crippen LogP contribution in [-0.4, -0.2) is 59.5 Å². The molecule has 0 aliphatic carbocycles. The first kappa shape index (κ1) is 27.5. The smallest absolute Gasteiger partial charge is 0.490 e. The van der Waals surface area contributed by atoms with Crippen LogP contribution in [0.2, 0.25) is 0 Å². The molecule has 0 radical (unpaired) electrons. The normalized spacial score (nSPS) is 19.4. The lowest BCUT2D eigenvalue weighted by molar-refractivity contribution is -0.216. The molecule has 0 bridgehead atoms. The highest BCUT2D eigenvalue weighted by Crippen LogP contribution is 2.40. The van der Waals surface area contributed by atoms with Crippen molar-refractivity contribution >= 4 is 28.1 Å². The minimum Gasteiger partial charge on any atom is -0.496 e. The number of aromatic amines is 2. The second-order valence-electron chi connectivity index (χ2n) is 10.0. The number of benzene rings is 2. The summed E-state index contributed by atoms with van der Waals surface area (Å²) in [6.07, 6.45) is -3.69. The SMILES string of the molecule is COc1cc(OC[C@](C)(CC2CNCCC2c2cc3[nH]c(=O)[nH]c3cc2F)OC(=O)C(F)(F)F)c2ncoc2c1. The molecule has 5 rings (SSSR count). The summed E-state index contributed by atoms with van der Waals surface area (Å²) in [6, 6.07) is 5.79. The van der Waals surface area contributed by atoms with E-state index in [1.54, 1.807) is 6.07 Å². The number of aromatic nitrogens is 3. The number of H-pyrrole nitrogens is 2. The van der Waals surface area contributed by atoms with Crippen LogP contribution in [0.5, 0.6) is 11.5 Å². The molecule has 0 saturated carbocycles. The third kappa shape index (κ3) is 5.62. The molecule has 1 aliphatic heterocycles. The molecule has 40 heavy (non-hydrogen) atoms. The number of carbonyl (C=O) groups is 1. The monoisotopic (exact) mass is 566 g/mol. The first-order chi connectivity index (χ1) is 19.0. The van der Waals surface area contributed by atoms with E-state index in [-0.39, 0.29) is 12.2 Å². The van der Waals surface area contributed by atoms with E-state index in [2.05, 4.69) is 20.3 Å². The van der Waals surface area contributed by atoms with E-state index in [1.807, 2.05) is 0 Å². The lowest BCUT2D eigenvalue weighted by Gasteiger charge is -2.39. The number of nitrogens with one attached hydrogen (secondary N) is 3. The van der Waals surface area contributed by atoms with Gasteiger partial charge in [0.15, 0.2) is 23.2 Å². The highest BCUT2D eigenvalue weighted by atomic mass is 19.4. The molecule has 14 heteroatoms. The van der Waals surface area contributed by atoms with Crippen LogP contribution in [-0.2, 0) is 9.53 Å². The van der Waals surface area contributed by atoms with Crippen LogP contribution in [0.25, 0.3) is 22.1 Å². The molecule has 0 amide bonds. The average molecular weight is 567 g/mol. The summed E-state index contributed by atoms with van der Waals surface area (Å²) in [6.45, 7) is 1.72. The van der Waals surface area contributed by atoms with Crippen LogP contribution in [0.3, 0.4) is 0 Å². The lowest BCUT2D eigenvalue weighted by Crippen LogP contribution is -2.47. The summed E-state index contributed by atoms with van der Waals surface area (Å²) < 4.78 is 76.5. The molecule has 3 atom stereocenters. The largest absolute Gasteiger partial charge is 0.496 e. The van der Waals surface area contributed by atoms with Gasteiger partial charge in [0, 0.05) is 12.1 Å². The number of halogens is 4. The van der Waals surface area contributed by atoms with Crippen LogP contribution in [0.4, 0.5) is 17.6 Å². The number of imidazole rings is 1. The molecule has 4 aromatic rings. The summed E-state index contributed by atoms with van der Waals surface area (Å²) in [4.78, 5) is 32.9. The van der Waals surface area contributed by atoms with Crippen molar-refractivity contribution in [3.05, 3.63) is 52.5 Å². The number of piperidine rings is 1. The Morgan fingerprint density at radius 2 is 1.93 bits per heavy atom. The number of esters is 1. The zero-order valence-electron chi connectivity index (χ0n) is 21.5. The summed E-state index contributed by atoms with van der Waals surface area (Å²) in [5.74, 6) is -3.32. The molecule has 3 N–H and O–H groups in total. The Bertz CT molecular complexity index is 1600. The average Bonchev–Trinajstić information content (AvgIpc) is 3.51. The fourth-order valence-corrected chi connectivity index (χ4v) is 5.24. The number of methoxy groups -OCH3 is 1. The molecule has 1 saturated heterocycles. The van der Waals surface area contributed by atoms with Gasteiger partial charge in [-0.15, -0.1) is 0 Å². The molecular weight excluding hydrogens is 540 g/mol. The molecule has 10 nitrogen and oxygen atoms in total. The molecule has 2 aromatic carbocycles. The van der Waals surface area contributed by atoms with E-state index in [4.69, 9.17) is 18.6 Å². The second kappa shape index (κ2) is 10.5. The number of hydrogen-bond donors (Lipinski definition) is 3. The first-order valence-electron chi connectivity index (χ1n) is 12.4. The molecule has 0 spiro atoms. The highest BCUT2D eigenvalue weighted by Gasteiger charge is 2.47. The number of fused-ring (bicyclic) bond motifs is 2. The maximum absolute atomic E-state index is 15.2. The molecule has 2 aromatic heterocycles. The van der Waals surface area contributed by atoms with Crippen molar-refractivity contribution < 1.29 is 41.0 Å². The molecule has 2 unspecified atom stereocenters. The Morgan fingerprint density at radius 3 is 2.65 bits per heavy atom. The maximum atomic E-state index is 15.2. The Balaban J connectivity index is 1.46. The Hall–Kier alpha value is -4.07. The van der Waals surface area contributed by atoms with Crippen molar-refractivity contribution in [1.29, 1.82) is 0 Å². The summed E-state index contributed by atoms with van der Waals surface area (Å²) in [5, 5.41) is 3.18. The third-order valence-corrected chi connectivity index (χ3v) is 7.05. The van der Waals surface area contributed by atoms with Crippen LogP contribution >= 0.6 is 0 Å². The molecule has 3 heterocycles. The van der Waals surface area contributed by atoms with Crippen molar-refractivity contribution in [2.24, 2.45) is 5.92 Å². The van der Waals surface area contributed by atoms with Gasteiger partial charge in [0.1, 0.15) is 23.8 Å². The predicted octanol–water partition coefficient (Wildman–Crippen LogP) is 4.17. The predicted molar refractivity (Wildman–Crippen MR) is 134 cm³/mol. The topological polar surface area (TPSA) is 131 Å². The third-order valence-electron chi connectivity index (χ3n) is 7.05. The number of alkyl halides is 3. The Morgan fingerprint density at radius 1 is 1.18 bits per heavy atom. The molecule has 1 fully saturated rings. The van der Waals surface area contributed by atoms with E-state index in [9.17, 15) is 22.8 Å². The summed E-state index contributed by atoms with van der Waals surface area (Å²) in [7, 11) is 1.42. The van der Waals surface area contributed by atoms with Gasteiger partial charge in [0.25, 0.3) is 0 Å². The van der Waals surface area contributed by atoms with Crippen LogP contribution in [0, 0.1) is 11.7 Å². The lowest BCUT2D eigenvalue weighted by atomic mass is 9.75. The molecule has 214 valence electrons. The highest BCUT2D eigenvalue weighted by molar-refractivity contribution is 5.81. The maximum Gasteiger partial charge on any atom is 0.490 e. The zero-order valence-corrected chi connectivity index (χ0v) is 21.5. The van der Waals surface area contributed by atoms with Crippen LogP contribution < -0.4 is 20.5 Å². The van der Waals surface area contributed by atoms with E-state index in [1.165, 1.54) is 38.6 Å². The molecular formula is C26H26F4N4O6. The summed E-state index contributed by atoms with van der Waals surface area (Å²) in [5.41, 5.74) is -0.634. The minimum absolute atomic E-state index is 0.0977. The van der Waals surface area contributed by atoms with E-state index in [0.717, 1.165) is 0 Å². The van der Waals surface area contributed by atoms with Gasteiger partial charge in [-0.3, -0.25) is 0 Å². The minimum atomic E-state index is -5.24. The van der Waals surface area contributed by atoms with Crippen molar-refractivity contribution in [3.8, 4) is 11.5 Å². The number of ether oxygens (including phenoxy) is 3. The number of carbonyl (C=O) groups excluding carboxylic acids is 1. The van der Waals surface area contributed by atoms with Gasteiger partial charge in [-0.1, -0.05) is 0 Å². The Kier molecular flexibility index (Phi) is 7.21. The van der Waals surface area contributed by atoms with E-state index >= 15 is 4.39 Å². The zero-order chi connectivity index (χ0) is 28.7. The standard InChI is InChI=1S/C26H26F4N4O6/c1-25(40-23(35)26(28,29)30,11-38-20-5-14(37-2)6-21-22(20)32-12-39-21)9-13-10-31-4-3-15(13)16-7-18-19(8-17(16)27)34-24(36)33-18/h5-8,12-13,15,31H,3-4,9-11H2,1-2H3,(H2,33,34,36)/t13?,15?,25-/m0/s1. The van der Waals surface area contributed by atoms with E-state index < -0.39 is 47.7 Å². The van der Waals surface area contributed by atoms with Gasteiger partial charge < -0.3 is 33.9 Å². The van der Waals surface area contributed by atoms with Crippen molar-refractivity contribution in [3.63, 3.8) is 0 Å². The van der Waals surface area contributed by atoms with Gasteiger partial charge >= 0.3 is 17.8 Å². The number of hydrogen-bond acceptors (Lipinski definition) is 8. The number of nitrogens with zero attached hydrogens (tertiary/aromatic N) is 1. The number of oxazole rings is 1. The van der Waals surface area contributed by atoms with Crippen LogP contribution in [0.1, 0.15) is 31.2 Å². The van der Waals surface area contributed by atoms with Crippen molar-refractivity contribution in [2.75, 3.05) is 26.8 Å². The fourth-order valence-electron chi connectivity index (χ4n) is 5.24. The molecule has 1 aliphatic rings. The summed E-state index contributed by atoms with van der Waals surface area (Å²) >= 11 is 0. The van der Waals surface area contributed by atoms with Gasteiger partial charge in [0.05, 0.1) is 18.1 Å². The number of rotatable bonds is 8. The van der Waals surface area contributed by atoms with Crippen molar-refractivity contribution in [2.45, 2.75) is 37.5 Å². The van der Waals surface area contributed by atoms with Crippen molar-refractivity contribution in [1.82, 2.24) is 20.3 Å². The first-order valence-corrected chi connectivity index (χ1v) is 12.4. The van der Waals surface area contributed by atoms with Gasteiger partial charge in [0.2, 0.25) is 0 Å². The Labute approximate surface area is 224 Å². The quantitative estimate of drug-likeness (QED) is 0.214. The van der Waals surface area contributed by atoms with Gasteiger partial charge in [-0.25, -0.2) is 19.0 Å².